The molecule has 0 amide bonds. The van der Waals surface area contributed by atoms with E-state index >= 15 is 0 Å². The van der Waals surface area contributed by atoms with Crippen molar-refractivity contribution in [2.24, 2.45) is 0 Å². The van der Waals surface area contributed by atoms with Crippen molar-refractivity contribution in [3.05, 3.63) is 58.9 Å². The molecule has 0 bridgehead atoms. The molecule has 4 heteroatoms. The molecule has 88 valence electrons. The number of hydrogen-bond acceptors (Lipinski definition) is 3. The Kier molecular flexibility index (Phi) is 2.41. The lowest BCUT2D eigenvalue weighted by Crippen LogP contribution is -2.08. The monoisotopic (exact) mass is 237 g/mol. The highest BCUT2D eigenvalue weighted by Gasteiger charge is 2.06. The fourth-order valence-corrected chi connectivity index (χ4v) is 2.04. The Morgan fingerprint density at radius 3 is 2.83 bits per heavy atom. The molecule has 2 aromatic heterocycles. The molecular formula is C14H11N3O. The van der Waals surface area contributed by atoms with Crippen molar-refractivity contribution in [2.45, 2.75) is 6.92 Å². The van der Waals surface area contributed by atoms with Crippen LogP contribution in [0.15, 0.2) is 47.5 Å². The van der Waals surface area contributed by atoms with Crippen LogP contribution in [0.2, 0.25) is 0 Å². The topological polar surface area (TPSA) is 58.6 Å². The van der Waals surface area contributed by atoms with Crippen molar-refractivity contribution in [1.82, 2.24) is 15.0 Å². The summed E-state index contributed by atoms with van der Waals surface area (Å²) < 4.78 is 0. The van der Waals surface area contributed by atoms with Crippen LogP contribution in [0.25, 0.3) is 22.0 Å². The van der Waals surface area contributed by atoms with Crippen molar-refractivity contribution in [2.75, 3.05) is 0 Å². The third kappa shape index (κ3) is 1.78. The number of aromatic amines is 1. The number of aryl methyl sites for hydroxylation is 1. The second-order valence-corrected chi connectivity index (χ2v) is 4.12. The molecule has 1 N–H and O–H groups in total. The zero-order chi connectivity index (χ0) is 12.5. The molecule has 0 atom stereocenters. The predicted molar refractivity (Wildman–Crippen MR) is 70.3 cm³/mol. The predicted octanol–water partition coefficient (Wildman–Crippen LogP) is 2.29. The van der Waals surface area contributed by atoms with Crippen LogP contribution in [0.4, 0.5) is 0 Å². The summed E-state index contributed by atoms with van der Waals surface area (Å²) in [6.45, 7) is 1.77. The zero-order valence-electron chi connectivity index (χ0n) is 9.84. The average Bonchev–Trinajstić information content (AvgIpc) is 2.37. The molecule has 0 fully saturated rings. The molecule has 0 spiro atoms. The van der Waals surface area contributed by atoms with Gasteiger partial charge in [-0.25, -0.2) is 4.98 Å². The van der Waals surface area contributed by atoms with Crippen LogP contribution in [0, 0.1) is 6.92 Å². The van der Waals surface area contributed by atoms with E-state index in [0.717, 1.165) is 16.3 Å². The van der Waals surface area contributed by atoms with E-state index in [4.69, 9.17) is 0 Å². The van der Waals surface area contributed by atoms with E-state index < -0.39 is 0 Å². The van der Waals surface area contributed by atoms with E-state index in [-0.39, 0.29) is 5.56 Å². The lowest BCUT2D eigenvalue weighted by molar-refractivity contribution is 1.02. The molecule has 0 radical (unpaired) electrons. The second-order valence-electron chi connectivity index (χ2n) is 4.12. The summed E-state index contributed by atoms with van der Waals surface area (Å²) in [6.07, 6.45) is 3.54. The van der Waals surface area contributed by atoms with E-state index in [1.807, 2.05) is 24.3 Å². The molecule has 3 rings (SSSR count). The Morgan fingerprint density at radius 1 is 1.17 bits per heavy atom. The first-order valence-corrected chi connectivity index (χ1v) is 5.65. The number of benzene rings is 1. The van der Waals surface area contributed by atoms with Gasteiger partial charge in [-0.05, 0) is 12.3 Å². The van der Waals surface area contributed by atoms with Gasteiger partial charge in [0, 0.05) is 29.4 Å². The maximum Gasteiger partial charge on any atom is 0.251 e. The van der Waals surface area contributed by atoms with Gasteiger partial charge >= 0.3 is 0 Å². The highest BCUT2D eigenvalue weighted by Crippen LogP contribution is 2.24. The Bertz CT molecular complexity index is 772. The molecule has 0 saturated carbocycles. The van der Waals surface area contributed by atoms with Gasteiger partial charge in [-0.2, -0.15) is 0 Å². The van der Waals surface area contributed by atoms with Gasteiger partial charge in [0.25, 0.3) is 5.56 Å². The van der Waals surface area contributed by atoms with E-state index in [1.54, 1.807) is 19.3 Å². The highest BCUT2D eigenvalue weighted by atomic mass is 16.1. The van der Waals surface area contributed by atoms with Gasteiger partial charge in [-0.15, -0.1) is 0 Å². The molecule has 0 aliphatic carbocycles. The highest BCUT2D eigenvalue weighted by molar-refractivity contribution is 5.94. The molecule has 18 heavy (non-hydrogen) atoms. The quantitative estimate of drug-likeness (QED) is 0.706. The second kappa shape index (κ2) is 4.07. The Balaban J connectivity index is 2.34. The van der Waals surface area contributed by atoms with Crippen molar-refractivity contribution in [1.29, 1.82) is 0 Å². The lowest BCUT2D eigenvalue weighted by Gasteiger charge is -2.05. The third-order valence-electron chi connectivity index (χ3n) is 2.80. The van der Waals surface area contributed by atoms with E-state index in [9.17, 15) is 4.79 Å². The number of nitrogens with zero attached hydrogens (tertiary/aromatic N) is 2. The summed E-state index contributed by atoms with van der Waals surface area (Å²) >= 11 is 0. The van der Waals surface area contributed by atoms with Crippen LogP contribution in [-0.4, -0.2) is 15.0 Å². The smallest absolute Gasteiger partial charge is 0.251 e. The van der Waals surface area contributed by atoms with Crippen LogP contribution in [0.1, 0.15) is 5.82 Å². The van der Waals surface area contributed by atoms with Gasteiger partial charge in [0.2, 0.25) is 0 Å². The van der Waals surface area contributed by atoms with E-state index in [0.29, 0.717) is 11.5 Å². The summed E-state index contributed by atoms with van der Waals surface area (Å²) in [7, 11) is 0. The Labute approximate surface area is 103 Å². The molecule has 0 aliphatic rings. The fraction of sp³-hybridized carbons (Fsp3) is 0.0714. The number of nitrogens with one attached hydrogen (secondary N) is 1. The van der Waals surface area contributed by atoms with Crippen LogP contribution < -0.4 is 5.56 Å². The van der Waals surface area contributed by atoms with Crippen LogP contribution >= 0.6 is 0 Å². The fourth-order valence-electron chi connectivity index (χ4n) is 2.04. The molecule has 0 unspecified atom stereocenters. The van der Waals surface area contributed by atoms with Gasteiger partial charge in [-0.3, -0.25) is 9.78 Å². The number of fused-ring (bicyclic) bond motifs is 1. The minimum absolute atomic E-state index is 0.148. The van der Waals surface area contributed by atoms with Crippen LogP contribution in [0.3, 0.4) is 0 Å². The average molecular weight is 237 g/mol. The summed E-state index contributed by atoms with van der Waals surface area (Å²) in [5, 5.41) is 2.08. The Morgan fingerprint density at radius 2 is 2.00 bits per heavy atom. The van der Waals surface area contributed by atoms with Crippen molar-refractivity contribution in [3.63, 3.8) is 0 Å². The van der Waals surface area contributed by atoms with Gasteiger partial charge in [0.15, 0.2) is 0 Å². The number of H-pyrrole nitrogens is 1. The zero-order valence-corrected chi connectivity index (χ0v) is 9.84. The number of hydrogen-bond donors (Lipinski definition) is 1. The first-order valence-electron chi connectivity index (χ1n) is 5.65. The number of aromatic nitrogens is 3. The van der Waals surface area contributed by atoms with E-state index in [1.165, 1.54) is 6.07 Å². The van der Waals surface area contributed by atoms with Crippen molar-refractivity contribution >= 4 is 10.8 Å². The molecule has 3 aromatic rings. The molecule has 0 aliphatic heterocycles. The van der Waals surface area contributed by atoms with Gasteiger partial charge in [0.05, 0.1) is 5.69 Å². The largest absolute Gasteiger partial charge is 0.311 e. The standard InChI is InChI=1S/C14H11N3O/c1-9-16-13(6-14(18)17-9)12-8-15-7-10-4-2-3-5-11(10)12/h2-8H,1H3,(H,16,17,18). The first kappa shape index (κ1) is 10.7. The van der Waals surface area contributed by atoms with E-state index in [2.05, 4.69) is 15.0 Å². The minimum atomic E-state index is -0.148. The number of rotatable bonds is 1. The minimum Gasteiger partial charge on any atom is -0.311 e. The molecular weight excluding hydrogens is 226 g/mol. The van der Waals surface area contributed by atoms with Gasteiger partial charge in [0.1, 0.15) is 5.82 Å². The molecule has 1 aromatic carbocycles. The summed E-state index contributed by atoms with van der Waals surface area (Å²) in [4.78, 5) is 22.7. The maximum absolute atomic E-state index is 11.5. The van der Waals surface area contributed by atoms with Crippen LogP contribution in [-0.2, 0) is 0 Å². The third-order valence-corrected chi connectivity index (χ3v) is 2.80. The van der Waals surface area contributed by atoms with Crippen molar-refractivity contribution < 1.29 is 0 Å². The summed E-state index contributed by atoms with van der Waals surface area (Å²) in [5.74, 6) is 0.602. The van der Waals surface area contributed by atoms with Crippen LogP contribution in [0.5, 0.6) is 0 Å². The SMILES string of the molecule is Cc1nc(-c2cncc3ccccc23)cc(=O)[nH]1. The lowest BCUT2D eigenvalue weighted by atomic mass is 10.1. The summed E-state index contributed by atoms with van der Waals surface area (Å²) in [5.41, 5.74) is 1.38. The molecule has 4 nitrogen and oxygen atoms in total. The molecule has 2 heterocycles. The Hall–Kier alpha value is -2.49. The maximum atomic E-state index is 11.5. The normalized spacial score (nSPS) is 10.7. The molecule has 0 saturated heterocycles. The van der Waals surface area contributed by atoms with Crippen molar-refractivity contribution in [3.8, 4) is 11.3 Å². The summed E-state index contributed by atoms with van der Waals surface area (Å²) in [6, 6.07) is 9.42. The van der Waals surface area contributed by atoms with Gasteiger partial charge < -0.3 is 4.98 Å². The first-order chi connectivity index (χ1) is 8.74. The number of pyridine rings is 1. The van der Waals surface area contributed by atoms with Gasteiger partial charge in [-0.1, -0.05) is 24.3 Å².